The van der Waals surface area contributed by atoms with Crippen molar-refractivity contribution in [3.8, 4) is 0 Å². The van der Waals surface area contributed by atoms with E-state index >= 15 is 0 Å². The summed E-state index contributed by atoms with van der Waals surface area (Å²) >= 11 is 0. The van der Waals surface area contributed by atoms with Gasteiger partial charge in [0.25, 0.3) is 0 Å². The molecule has 64 valence electrons. The molecule has 1 rings (SSSR count). The van der Waals surface area contributed by atoms with Crippen LogP contribution in [-0.4, -0.2) is 15.7 Å². The largest absolute Gasteiger partial charge is 0.320 e. The van der Waals surface area contributed by atoms with E-state index in [1.165, 1.54) is 6.08 Å². The molecular weight excluding hydrogens is 154 g/mol. The molecule has 1 heterocycles. The Morgan fingerprint density at radius 1 is 1.92 bits per heavy atom. The molecular formula is C8H11N3O. The number of carbonyl (C=O) groups excluding carboxylic acids is 1. The van der Waals surface area contributed by atoms with Gasteiger partial charge in [-0.05, 0) is 13.0 Å². The maximum atomic E-state index is 10.8. The highest BCUT2D eigenvalue weighted by Gasteiger charge is 1.98. The summed E-state index contributed by atoms with van der Waals surface area (Å²) < 4.78 is 1.73. The summed E-state index contributed by atoms with van der Waals surface area (Å²) in [4.78, 5) is 10.8. The van der Waals surface area contributed by atoms with Crippen LogP contribution >= 0.6 is 0 Å². The topological polar surface area (TPSA) is 46.9 Å². The molecule has 0 aromatic carbocycles. The lowest BCUT2D eigenvalue weighted by atomic mass is 10.5. The van der Waals surface area contributed by atoms with Gasteiger partial charge in [0.15, 0.2) is 0 Å². The zero-order valence-electron chi connectivity index (χ0n) is 6.95. The number of amides is 1. The molecule has 0 aliphatic heterocycles. The third kappa shape index (κ3) is 1.95. The highest BCUT2D eigenvalue weighted by molar-refractivity contribution is 5.98. The molecule has 0 bridgehead atoms. The number of rotatable bonds is 3. The zero-order chi connectivity index (χ0) is 8.97. The summed E-state index contributed by atoms with van der Waals surface area (Å²) in [6.07, 6.45) is 4.59. The molecule has 1 aromatic rings. The van der Waals surface area contributed by atoms with E-state index in [2.05, 4.69) is 17.0 Å². The second-order valence-corrected chi connectivity index (χ2v) is 2.28. The van der Waals surface area contributed by atoms with Gasteiger partial charge in [0.2, 0.25) is 5.91 Å². The lowest BCUT2D eigenvalue weighted by Gasteiger charge is -1.94. The second kappa shape index (κ2) is 3.71. The Bertz CT molecular complexity index is 290. The molecule has 4 nitrogen and oxygen atoms in total. The Hall–Kier alpha value is -1.58. The van der Waals surface area contributed by atoms with Gasteiger partial charge in [-0.15, -0.1) is 0 Å². The van der Waals surface area contributed by atoms with E-state index in [-0.39, 0.29) is 5.91 Å². The van der Waals surface area contributed by atoms with Gasteiger partial charge in [-0.3, -0.25) is 9.48 Å². The van der Waals surface area contributed by atoms with Gasteiger partial charge < -0.3 is 5.32 Å². The Morgan fingerprint density at radius 2 is 2.67 bits per heavy atom. The van der Waals surface area contributed by atoms with Crippen molar-refractivity contribution in [2.75, 3.05) is 5.32 Å². The quantitative estimate of drug-likeness (QED) is 0.680. The molecule has 0 aliphatic carbocycles. The van der Waals surface area contributed by atoms with E-state index < -0.39 is 0 Å². The molecule has 0 spiro atoms. The Morgan fingerprint density at radius 3 is 3.17 bits per heavy atom. The van der Waals surface area contributed by atoms with E-state index in [0.717, 1.165) is 6.54 Å². The lowest BCUT2D eigenvalue weighted by molar-refractivity contribution is -0.111. The molecule has 0 fully saturated rings. The molecule has 0 aliphatic rings. The van der Waals surface area contributed by atoms with Gasteiger partial charge in [0.05, 0.1) is 11.9 Å². The predicted molar refractivity (Wildman–Crippen MR) is 46.7 cm³/mol. The number of anilines is 1. The number of carbonyl (C=O) groups is 1. The molecule has 12 heavy (non-hydrogen) atoms. The number of aromatic nitrogens is 2. The van der Waals surface area contributed by atoms with Crippen LogP contribution in [0, 0.1) is 0 Å². The SMILES string of the molecule is C=CC(=O)Nc1cnn(CC)c1. The summed E-state index contributed by atoms with van der Waals surface area (Å²) in [5, 5.41) is 6.60. The van der Waals surface area contributed by atoms with Crippen LogP contribution in [-0.2, 0) is 11.3 Å². The summed E-state index contributed by atoms with van der Waals surface area (Å²) in [6, 6.07) is 0. The van der Waals surface area contributed by atoms with Crippen LogP contribution in [0.3, 0.4) is 0 Å². The van der Waals surface area contributed by atoms with E-state index in [4.69, 9.17) is 0 Å². The van der Waals surface area contributed by atoms with Crippen LogP contribution in [0.5, 0.6) is 0 Å². The fraction of sp³-hybridized carbons (Fsp3) is 0.250. The fourth-order valence-corrected chi connectivity index (χ4v) is 0.794. The molecule has 1 amide bonds. The van der Waals surface area contributed by atoms with Crippen molar-refractivity contribution < 1.29 is 4.79 Å². The van der Waals surface area contributed by atoms with Gasteiger partial charge in [-0.1, -0.05) is 6.58 Å². The highest BCUT2D eigenvalue weighted by Crippen LogP contribution is 2.03. The molecule has 0 saturated carbocycles. The van der Waals surface area contributed by atoms with Crippen molar-refractivity contribution in [2.24, 2.45) is 0 Å². The molecule has 1 N–H and O–H groups in total. The average Bonchev–Trinajstić information content (AvgIpc) is 2.52. The van der Waals surface area contributed by atoms with Gasteiger partial charge in [0.1, 0.15) is 0 Å². The molecule has 0 saturated heterocycles. The number of nitrogens with one attached hydrogen (secondary N) is 1. The standard InChI is InChI=1S/C8H11N3O/c1-3-8(12)10-7-5-9-11(4-2)6-7/h3,5-6H,1,4H2,2H3,(H,10,12). The Kier molecular flexibility index (Phi) is 2.63. The monoisotopic (exact) mass is 165 g/mol. The Balaban J connectivity index is 2.63. The normalized spacial score (nSPS) is 9.42. The first-order valence-corrected chi connectivity index (χ1v) is 3.72. The minimum Gasteiger partial charge on any atom is -0.320 e. The summed E-state index contributed by atoms with van der Waals surface area (Å²) in [7, 11) is 0. The molecule has 4 heteroatoms. The first kappa shape index (κ1) is 8.52. The van der Waals surface area contributed by atoms with E-state index in [9.17, 15) is 4.79 Å². The van der Waals surface area contributed by atoms with Crippen molar-refractivity contribution in [3.63, 3.8) is 0 Å². The first-order valence-electron chi connectivity index (χ1n) is 3.72. The third-order valence-electron chi connectivity index (χ3n) is 1.41. The van der Waals surface area contributed by atoms with Gasteiger partial charge >= 0.3 is 0 Å². The van der Waals surface area contributed by atoms with Crippen LogP contribution in [0.15, 0.2) is 25.0 Å². The third-order valence-corrected chi connectivity index (χ3v) is 1.41. The summed E-state index contributed by atoms with van der Waals surface area (Å²) in [6.45, 7) is 6.12. The van der Waals surface area contributed by atoms with Crippen molar-refractivity contribution in [2.45, 2.75) is 13.5 Å². The van der Waals surface area contributed by atoms with Crippen LogP contribution in [0.4, 0.5) is 5.69 Å². The Labute approximate surface area is 70.9 Å². The van der Waals surface area contributed by atoms with Crippen molar-refractivity contribution >= 4 is 11.6 Å². The molecule has 1 aromatic heterocycles. The van der Waals surface area contributed by atoms with Gasteiger partial charge in [-0.2, -0.15) is 5.10 Å². The first-order chi connectivity index (χ1) is 5.76. The zero-order valence-corrected chi connectivity index (χ0v) is 6.95. The number of hydrogen-bond acceptors (Lipinski definition) is 2. The van der Waals surface area contributed by atoms with E-state index in [0.29, 0.717) is 5.69 Å². The molecule has 0 radical (unpaired) electrons. The predicted octanol–water partition coefficient (Wildman–Crippen LogP) is 1.03. The van der Waals surface area contributed by atoms with Crippen LogP contribution < -0.4 is 5.32 Å². The maximum absolute atomic E-state index is 10.8. The lowest BCUT2D eigenvalue weighted by Crippen LogP contribution is -2.06. The second-order valence-electron chi connectivity index (χ2n) is 2.28. The molecule has 0 unspecified atom stereocenters. The van der Waals surface area contributed by atoms with Gasteiger partial charge in [0, 0.05) is 12.7 Å². The van der Waals surface area contributed by atoms with Crippen molar-refractivity contribution in [3.05, 3.63) is 25.0 Å². The minimum atomic E-state index is -0.217. The fourth-order valence-electron chi connectivity index (χ4n) is 0.794. The van der Waals surface area contributed by atoms with Crippen LogP contribution in [0.2, 0.25) is 0 Å². The molecule has 0 atom stereocenters. The van der Waals surface area contributed by atoms with Crippen molar-refractivity contribution in [1.29, 1.82) is 0 Å². The smallest absolute Gasteiger partial charge is 0.247 e. The number of hydrogen-bond donors (Lipinski definition) is 1. The minimum absolute atomic E-state index is 0.217. The van der Waals surface area contributed by atoms with Crippen LogP contribution in [0.1, 0.15) is 6.92 Å². The van der Waals surface area contributed by atoms with Crippen molar-refractivity contribution in [1.82, 2.24) is 9.78 Å². The summed E-state index contributed by atoms with van der Waals surface area (Å²) in [5.41, 5.74) is 0.696. The average molecular weight is 165 g/mol. The van der Waals surface area contributed by atoms with Crippen LogP contribution in [0.25, 0.3) is 0 Å². The van der Waals surface area contributed by atoms with E-state index in [1.54, 1.807) is 17.1 Å². The number of aryl methyl sites for hydroxylation is 1. The highest BCUT2D eigenvalue weighted by atomic mass is 16.1. The van der Waals surface area contributed by atoms with E-state index in [1.807, 2.05) is 6.92 Å². The number of nitrogens with zero attached hydrogens (tertiary/aromatic N) is 2. The maximum Gasteiger partial charge on any atom is 0.247 e. The summed E-state index contributed by atoms with van der Waals surface area (Å²) in [5.74, 6) is -0.217. The van der Waals surface area contributed by atoms with Gasteiger partial charge in [-0.25, -0.2) is 0 Å².